The van der Waals surface area contributed by atoms with Crippen molar-refractivity contribution < 1.29 is 14.3 Å². The van der Waals surface area contributed by atoms with Crippen LogP contribution in [0.25, 0.3) is 0 Å². The van der Waals surface area contributed by atoms with E-state index >= 15 is 0 Å². The van der Waals surface area contributed by atoms with Crippen molar-refractivity contribution in [3.05, 3.63) is 0 Å². The van der Waals surface area contributed by atoms with Crippen LogP contribution in [0.4, 0.5) is 0 Å². The van der Waals surface area contributed by atoms with Gasteiger partial charge in [0.15, 0.2) is 0 Å². The Morgan fingerprint density at radius 3 is 2.94 bits per heavy atom. The van der Waals surface area contributed by atoms with Gasteiger partial charge in [0.05, 0.1) is 13.0 Å². The van der Waals surface area contributed by atoms with Gasteiger partial charge in [-0.15, -0.1) is 0 Å². The Balaban J connectivity index is 2.39. The van der Waals surface area contributed by atoms with Gasteiger partial charge < -0.3 is 15.4 Å². The molecule has 0 spiro atoms. The molecule has 0 aromatic heterocycles. The monoisotopic (exact) mass is 228 g/mol. The number of likely N-dealkylation sites (tertiary alicyclic amines) is 1. The van der Waals surface area contributed by atoms with Crippen LogP contribution in [0.1, 0.15) is 26.2 Å². The average Bonchev–Trinajstić information content (AvgIpc) is 2.66. The van der Waals surface area contributed by atoms with Crippen LogP contribution in [0.2, 0.25) is 0 Å². The average molecular weight is 228 g/mol. The van der Waals surface area contributed by atoms with Crippen molar-refractivity contribution in [2.75, 3.05) is 20.2 Å². The molecule has 1 rings (SSSR count). The summed E-state index contributed by atoms with van der Waals surface area (Å²) in [6.07, 6.45) is 1.96. The van der Waals surface area contributed by atoms with Gasteiger partial charge >= 0.3 is 5.97 Å². The largest absolute Gasteiger partial charge is 0.469 e. The molecule has 0 bridgehead atoms. The van der Waals surface area contributed by atoms with Gasteiger partial charge in [-0.3, -0.25) is 9.59 Å². The molecule has 0 aromatic rings. The van der Waals surface area contributed by atoms with Crippen LogP contribution in [0.5, 0.6) is 0 Å². The number of nitrogens with zero attached hydrogens (tertiary/aromatic N) is 1. The quantitative estimate of drug-likeness (QED) is 0.679. The summed E-state index contributed by atoms with van der Waals surface area (Å²) in [7, 11) is 1.35. The van der Waals surface area contributed by atoms with Gasteiger partial charge in [0, 0.05) is 25.6 Å². The SMILES string of the molecule is CCC(N)CCN1CC(C(=O)OC)CC1=O. The van der Waals surface area contributed by atoms with Crippen molar-refractivity contribution in [2.24, 2.45) is 11.7 Å². The molecule has 92 valence electrons. The van der Waals surface area contributed by atoms with E-state index in [1.165, 1.54) is 7.11 Å². The van der Waals surface area contributed by atoms with Crippen LogP contribution >= 0.6 is 0 Å². The van der Waals surface area contributed by atoms with Crippen molar-refractivity contribution in [1.29, 1.82) is 0 Å². The minimum Gasteiger partial charge on any atom is -0.469 e. The molecular formula is C11H20N2O3. The van der Waals surface area contributed by atoms with E-state index < -0.39 is 0 Å². The van der Waals surface area contributed by atoms with E-state index in [2.05, 4.69) is 4.74 Å². The zero-order valence-electron chi connectivity index (χ0n) is 9.94. The summed E-state index contributed by atoms with van der Waals surface area (Å²) in [6.45, 7) is 3.14. The maximum atomic E-state index is 11.6. The second-order valence-corrected chi connectivity index (χ2v) is 4.22. The molecule has 2 unspecified atom stereocenters. The summed E-state index contributed by atoms with van der Waals surface area (Å²) in [5.41, 5.74) is 5.79. The number of hydrogen-bond acceptors (Lipinski definition) is 4. The fraction of sp³-hybridized carbons (Fsp3) is 0.818. The molecule has 1 saturated heterocycles. The van der Waals surface area contributed by atoms with Crippen LogP contribution in [-0.2, 0) is 14.3 Å². The molecule has 1 heterocycles. The highest BCUT2D eigenvalue weighted by Crippen LogP contribution is 2.19. The predicted molar refractivity (Wildman–Crippen MR) is 59.6 cm³/mol. The maximum Gasteiger partial charge on any atom is 0.310 e. The Morgan fingerprint density at radius 1 is 1.69 bits per heavy atom. The number of rotatable bonds is 5. The van der Waals surface area contributed by atoms with Gasteiger partial charge in [0.25, 0.3) is 0 Å². The molecule has 0 aliphatic carbocycles. The highest BCUT2D eigenvalue weighted by atomic mass is 16.5. The summed E-state index contributed by atoms with van der Waals surface area (Å²) in [5.74, 6) is -0.565. The fourth-order valence-electron chi connectivity index (χ4n) is 1.84. The number of carbonyl (C=O) groups is 2. The number of nitrogens with two attached hydrogens (primary N) is 1. The molecule has 0 saturated carbocycles. The third-order valence-corrected chi connectivity index (χ3v) is 3.04. The summed E-state index contributed by atoms with van der Waals surface area (Å²) in [6, 6.07) is 0.130. The van der Waals surface area contributed by atoms with E-state index in [-0.39, 0.29) is 30.3 Å². The van der Waals surface area contributed by atoms with E-state index in [1.807, 2.05) is 6.92 Å². The van der Waals surface area contributed by atoms with Crippen LogP contribution in [0.15, 0.2) is 0 Å². The van der Waals surface area contributed by atoms with E-state index in [0.29, 0.717) is 13.1 Å². The molecule has 0 radical (unpaired) electrons. The molecule has 5 nitrogen and oxygen atoms in total. The smallest absolute Gasteiger partial charge is 0.310 e. The van der Waals surface area contributed by atoms with Crippen molar-refractivity contribution in [3.8, 4) is 0 Å². The summed E-state index contributed by atoms with van der Waals surface area (Å²) in [4.78, 5) is 24.6. The first-order valence-electron chi connectivity index (χ1n) is 5.69. The Bertz CT molecular complexity index is 268. The summed E-state index contributed by atoms with van der Waals surface area (Å²) >= 11 is 0. The number of esters is 1. The highest BCUT2D eigenvalue weighted by molar-refractivity contribution is 5.86. The summed E-state index contributed by atoms with van der Waals surface area (Å²) < 4.78 is 4.64. The topological polar surface area (TPSA) is 72.6 Å². The third kappa shape index (κ3) is 3.20. The van der Waals surface area contributed by atoms with Gasteiger partial charge in [-0.05, 0) is 12.8 Å². The van der Waals surface area contributed by atoms with Gasteiger partial charge in [-0.2, -0.15) is 0 Å². The first kappa shape index (κ1) is 13.0. The minimum atomic E-state index is -0.296. The molecule has 1 aliphatic heterocycles. The molecule has 1 amide bonds. The van der Waals surface area contributed by atoms with Gasteiger partial charge in [0.2, 0.25) is 5.91 Å². The lowest BCUT2D eigenvalue weighted by Gasteiger charge is -2.18. The number of carbonyl (C=O) groups excluding carboxylic acids is 2. The maximum absolute atomic E-state index is 11.6. The molecule has 1 aliphatic rings. The van der Waals surface area contributed by atoms with Crippen LogP contribution in [-0.4, -0.2) is 43.0 Å². The molecule has 0 aromatic carbocycles. The lowest BCUT2D eigenvalue weighted by Crippen LogP contribution is -2.32. The zero-order valence-corrected chi connectivity index (χ0v) is 9.94. The van der Waals surface area contributed by atoms with Crippen molar-refractivity contribution in [3.63, 3.8) is 0 Å². The Labute approximate surface area is 95.9 Å². The standard InChI is InChI=1S/C11H20N2O3/c1-3-9(12)4-5-13-7-8(6-10(13)14)11(15)16-2/h8-9H,3-7,12H2,1-2H3. The highest BCUT2D eigenvalue weighted by Gasteiger charge is 2.34. The van der Waals surface area contributed by atoms with Crippen LogP contribution < -0.4 is 5.73 Å². The molecule has 2 atom stereocenters. The first-order valence-corrected chi connectivity index (χ1v) is 5.69. The fourth-order valence-corrected chi connectivity index (χ4v) is 1.84. The van der Waals surface area contributed by atoms with E-state index in [1.54, 1.807) is 4.90 Å². The molecule has 5 heteroatoms. The lowest BCUT2D eigenvalue weighted by molar-refractivity contribution is -0.145. The first-order chi connectivity index (χ1) is 7.58. The summed E-state index contributed by atoms with van der Waals surface area (Å²) in [5, 5.41) is 0. The van der Waals surface area contributed by atoms with E-state index in [0.717, 1.165) is 12.8 Å². The Morgan fingerprint density at radius 2 is 2.38 bits per heavy atom. The second kappa shape index (κ2) is 5.84. The predicted octanol–water partition coefficient (Wildman–Crippen LogP) is 0.135. The number of methoxy groups -OCH3 is 1. The van der Waals surface area contributed by atoms with Gasteiger partial charge in [0.1, 0.15) is 0 Å². The number of amides is 1. The third-order valence-electron chi connectivity index (χ3n) is 3.04. The molecule has 2 N–H and O–H groups in total. The van der Waals surface area contributed by atoms with E-state index in [9.17, 15) is 9.59 Å². The molecular weight excluding hydrogens is 208 g/mol. The van der Waals surface area contributed by atoms with Crippen molar-refractivity contribution in [1.82, 2.24) is 4.90 Å². The molecule has 1 fully saturated rings. The minimum absolute atomic E-state index is 0.0266. The Kier molecular flexibility index (Phi) is 4.73. The number of hydrogen-bond donors (Lipinski definition) is 1. The van der Waals surface area contributed by atoms with Crippen molar-refractivity contribution >= 4 is 11.9 Å². The van der Waals surface area contributed by atoms with E-state index in [4.69, 9.17) is 5.73 Å². The van der Waals surface area contributed by atoms with Gasteiger partial charge in [-0.25, -0.2) is 0 Å². The zero-order chi connectivity index (χ0) is 12.1. The van der Waals surface area contributed by atoms with Crippen LogP contribution in [0.3, 0.4) is 0 Å². The second-order valence-electron chi connectivity index (χ2n) is 4.22. The number of ether oxygens (including phenoxy) is 1. The van der Waals surface area contributed by atoms with Crippen molar-refractivity contribution in [2.45, 2.75) is 32.2 Å². The Hall–Kier alpha value is -1.10. The van der Waals surface area contributed by atoms with Crippen LogP contribution in [0, 0.1) is 5.92 Å². The van der Waals surface area contributed by atoms with Gasteiger partial charge in [-0.1, -0.05) is 6.92 Å². The normalized spacial score (nSPS) is 22.3. The lowest BCUT2D eigenvalue weighted by atomic mass is 10.1. The molecule has 16 heavy (non-hydrogen) atoms.